The number of amides is 1. The molecule has 1 atom stereocenters. The molecular weight excluding hydrogens is 292 g/mol. The van der Waals surface area contributed by atoms with Gasteiger partial charge >= 0.3 is 0 Å². The first-order chi connectivity index (χ1) is 9.20. The van der Waals surface area contributed by atoms with Crippen LogP contribution in [0.2, 0.25) is 0 Å². The van der Waals surface area contributed by atoms with Crippen molar-refractivity contribution in [2.45, 2.75) is 42.8 Å². The normalized spacial score (nSPS) is 16.5. The molecule has 1 amide bonds. The fraction of sp³-hybridized carbons (Fsp3) is 0.533. The first-order valence-electron chi connectivity index (χ1n) is 6.97. The maximum Gasteiger partial charge on any atom is 0.228 e. The van der Waals surface area contributed by atoms with Gasteiger partial charge in [-0.05, 0) is 25.0 Å². The van der Waals surface area contributed by atoms with Gasteiger partial charge in [0.15, 0.2) is 0 Å². The molecule has 0 heterocycles. The number of carbonyl (C=O) groups excluding carboxylic acids is 1. The van der Waals surface area contributed by atoms with Crippen molar-refractivity contribution in [2.75, 3.05) is 11.9 Å². The highest BCUT2D eigenvalue weighted by Crippen LogP contribution is 2.38. The highest BCUT2D eigenvalue weighted by Gasteiger charge is 2.18. The predicted octanol–water partition coefficient (Wildman–Crippen LogP) is 3.68. The molecule has 0 saturated heterocycles. The van der Waals surface area contributed by atoms with Crippen LogP contribution in [0.1, 0.15) is 32.6 Å². The molecule has 0 aromatic heterocycles. The molecule has 1 aromatic carbocycles. The summed E-state index contributed by atoms with van der Waals surface area (Å²) in [4.78, 5) is 13.1. The molecule has 1 aliphatic carbocycles. The number of para-hydroxylation sites is 1. The molecule has 1 fully saturated rings. The number of carbonyl (C=O) groups is 1. The Morgan fingerprint density at radius 3 is 2.70 bits per heavy atom. The largest absolute Gasteiger partial charge is 0.330 e. The molecule has 1 aromatic rings. The van der Waals surface area contributed by atoms with Crippen LogP contribution >= 0.6 is 24.2 Å². The van der Waals surface area contributed by atoms with Crippen molar-refractivity contribution < 1.29 is 4.79 Å². The van der Waals surface area contributed by atoms with Crippen molar-refractivity contribution in [2.24, 2.45) is 11.7 Å². The minimum absolute atomic E-state index is 0. The molecular formula is C15H23ClN2OS. The van der Waals surface area contributed by atoms with E-state index in [1.165, 1.54) is 30.6 Å². The highest BCUT2D eigenvalue weighted by molar-refractivity contribution is 8.00. The molecule has 1 saturated carbocycles. The van der Waals surface area contributed by atoms with Gasteiger partial charge in [-0.1, -0.05) is 31.9 Å². The Kier molecular flexibility index (Phi) is 7.41. The van der Waals surface area contributed by atoms with E-state index in [2.05, 4.69) is 11.4 Å². The van der Waals surface area contributed by atoms with Gasteiger partial charge in [-0.3, -0.25) is 4.79 Å². The smallest absolute Gasteiger partial charge is 0.228 e. The molecule has 20 heavy (non-hydrogen) atoms. The fourth-order valence-corrected chi connectivity index (χ4v) is 3.55. The third-order valence-electron chi connectivity index (χ3n) is 3.54. The average molecular weight is 315 g/mol. The van der Waals surface area contributed by atoms with Crippen LogP contribution in [0.25, 0.3) is 0 Å². The average Bonchev–Trinajstić information content (AvgIpc) is 2.93. The number of nitrogens with one attached hydrogen (secondary N) is 1. The lowest BCUT2D eigenvalue weighted by molar-refractivity contribution is -0.119. The lowest BCUT2D eigenvalue weighted by atomic mass is 10.1. The van der Waals surface area contributed by atoms with Crippen LogP contribution in [0, 0.1) is 5.92 Å². The van der Waals surface area contributed by atoms with Crippen LogP contribution in [-0.4, -0.2) is 17.7 Å². The van der Waals surface area contributed by atoms with Gasteiger partial charge in [0.1, 0.15) is 0 Å². The van der Waals surface area contributed by atoms with Gasteiger partial charge in [-0.25, -0.2) is 0 Å². The van der Waals surface area contributed by atoms with Crippen LogP contribution in [0.5, 0.6) is 0 Å². The van der Waals surface area contributed by atoms with E-state index in [0.29, 0.717) is 11.8 Å². The summed E-state index contributed by atoms with van der Waals surface area (Å²) >= 11 is 1.89. The number of thioether (sulfide) groups is 1. The van der Waals surface area contributed by atoms with Crippen molar-refractivity contribution in [3.63, 3.8) is 0 Å². The van der Waals surface area contributed by atoms with Crippen LogP contribution in [0.4, 0.5) is 5.69 Å². The molecule has 3 N–H and O–H groups in total. The van der Waals surface area contributed by atoms with Gasteiger partial charge in [-0.15, -0.1) is 24.2 Å². The summed E-state index contributed by atoms with van der Waals surface area (Å²) < 4.78 is 0. The molecule has 112 valence electrons. The Balaban J connectivity index is 0.00000200. The van der Waals surface area contributed by atoms with Gasteiger partial charge in [-0.2, -0.15) is 0 Å². The summed E-state index contributed by atoms with van der Waals surface area (Å²) in [5.41, 5.74) is 6.45. The minimum atomic E-state index is -0.149. The molecule has 1 aliphatic rings. The summed E-state index contributed by atoms with van der Waals surface area (Å²) in [5.74, 6) is -0.147. The second-order valence-electron chi connectivity index (χ2n) is 5.15. The Labute approximate surface area is 131 Å². The van der Waals surface area contributed by atoms with E-state index in [4.69, 9.17) is 5.73 Å². The Hall–Kier alpha value is -0.710. The van der Waals surface area contributed by atoms with E-state index in [1.54, 1.807) is 0 Å². The lowest BCUT2D eigenvalue weighted by Crippen LogP contribution is -2.26. The summed E-state index contributed by atoms with van der Waals surface area (Å²) in [6.45, 7) is 2.23. The summed E-state index contributed by atoms with van der Waals surface area (Å²) in [6, 6.07) is 8.05. The minimum Gasteiger partial charge on any atom is -0.330 e. The maximum atomic E-state index is 11.9. The quantitative estimate of drug-likeness (QED) is 0.871. The van der Waals surface area contributed by atoms with Crippen molar-refractivity contribution in [1.82, 2.24) is 0 Å². The monoisotopic (exact) mass is 314 g/mol. The molecule has 0 spiro atoms. The van der Waals surface area contributed by atoms with E-state index in [9.17, 15) is 4.79 Å². The highest BCUT2D eigenvalue weighted by atomic mass is 35.5. The lowest BCUT2D eigenvalue weighted by Gasteiger charge is -2.15. The zero-order chi connectivity index (χ0) is 13.7. The third-order valence-corrected chi connectivity index (χ3v) is 4.96. The van der Waals surface area contributed by atoms with Crippen molar-refractivity contribution >= 4 is 35.8 Å². The van der Waals surface area contributed by atoms with E-state index in [1.807, 2.05) is 36.9 Å². The van der Waals surface area contributed by atoms with Crippen LogP contribution in [-0.2, 0) is 4.79 Å². The summed E-state index contributed by atoms with van der Waals surface area (Å²) in [7, 11) is 0. The van der Waals surface area contributed by atoms with Gasteiger partial charge in [0.2, 0.25) is 5.91 Å². The maximum absolute atomic E-state index is 11.9. The number of nitrogens with two attached hydrogens (primary N) is 1. The van der Waals surface area contributed by atoms with Gasteiger partial charge < -0.3 is 11.1 Å². The second kappa shape index (κ2) is 8.55. The van der Waals surface area contributed by atoms with Crippen LogP contribution in [0.15, 0.2) is 29.2 Å². The van der Waals surface area contributed by atoms with Crippen molar-refractivity contribution in [1.29, 1.82) is 0 Å². The van der Waals surface area contributed by atoms with Gasteiger partial charge in [0.25, 0.3) is 0 Å². The molecule has 1 unspecified atom stereocenters. The van der Waals surface area contributed by atoms with E-state index in [0.717, 1.165) is 5.69 Å². The third kappa shape index (κ3) is 4.69. The predicted molar refractivity (Wildman–Crippen MR) is 88.7 cm³/mol. The first-order valence-corrected chi connectivity index (χ1v) is 7.85. The number of hydrogen-bond donors (Lipinski definition) is 2. The number of rotatable bonds is 5. The van der Waals surface area contributed by atoms with E-state index < -0.39 is 0 Å². The molecule has 0 radical (unpaired) electrons. The van der Waals surface area contributed by atoms with Crippen LogP contribution < -0.4 is 11.1 Å². The SMILES string of the molecule is CC(CN)C(=O)Nc1ccccc1SC1CCCC1.Cl. The van der Waals surface area contributed by atoms with Gasteiger partial charge in [0, 0.05) is 22.6 Å². The zero-order valence-electron chi connectivity index (χ0n) is 11.8. The van der Waals surface area contributed by atoms with Crippen molar-refractivity contribution in [3.05, 3.63) is 24.3 Å². The van der Waals surface area contributed by atoms with Crippen molar-refractivity contribution in [3.8, 4) is 0 Å². The van der Waals surface area contributed by atoms with E-state index in [-0.39, 0.29) is 24.2 Å². The Bertz CT molecular complexity index is 436. The standard InChI is InChI=1S/C15H22N2OS.ClH/c1-11(10-16)15(18)17-13-8-4-5-9-14(13)19-12-6-2-3-7-12;/h4-5,8-9,11-12H,2-3,6-7,10,16H2,1H3,(H,17,18);1H. The fourth-order valence-electron chi connectivity index (χ4n) is 2.22. The molecule has 3 nitrogen and oxygen atoms in total. The summed E-state index contributed by atoms with van der Waals surface area (Å²) in [5, 5.41) is 3.69. The zero-order valence-corrected chi connectivity index (χ0v) is 13.4. The number of benzene rings is 1. The molecule has 5 heteroatoms. The second-order valence-corrected chi connectivity index (χ2v) is 6.49. The topological polar surface area (TPSA) is 55.1 Å². The number of hydrogen-bond acceptors (Lipinski definition) is 3. The van der Waals surface area contributed by atoms with Crippen LogP contribution in [0.3, 0.4) is 0 Å². The molecule has 0 aliphatic heterocycles. The number of halogens is 1. The molecule has 0 bridgehead atoms. The number of anilines is 1. The van der Waals surface area contributed by atoms with E-state index >= 15 is 0 Å². The Morgan fingerprint density at radius 2 is 2.05 bits per heavy atom. The van der Waals surface area contributed by atoms with Gasteiger partial charge in [0.05, 0.1) is 5.69 Å². The first kappa shape index (κ1) is 17.3. The Morgan fingerprint density at radius 1 is 1.40 bits per heavy atom. The summed E-state index contributed by atoms with van der Waals surface area (Å²) in [6.07, 6.45) is 5.23. The molecule has 2 rings (SSSR count).